The highest BCUT2D eigenvalue weighted by Gasteiger charge is 2.39. The zero-order valence-electron chi connectivity index (χ0n) is 18.4. The molecule has 0 radical (unpaired) electrons. The van der Waals surface area contributed by atoms with Crippen molar-refractivity contribution in [3.63, 3.8) is 0 Å². The predicted octanol–water partition coefficient (Wildman–Crippen LogP) is 3.27. The number of hydrogen-bond acceptors (Lipinski definition) is 5. The third-order valence-corrected chi connectivity index (χ3v) is 7.09. The zero-order chi connectivity index (χ0) is 23.8. The smallest absolute Gasteiger partial charge is 0.407 e. The standard InChI is InChI=1S/C25H24ClN3O5/c26-20-4-2-1-3-18(20)16-10-17(11-16)34-25(33)27-12-14-5-6-15-13-29(24(32)19(15)9-14)21-7-8-22(30)28-23(21)31/h1-6,9,16-17,21H,7-8,10-13H2,(H,27,33)(H,28,30,31). The molecule has 0 bridgehead atoms. The van der Waals surface area contributed by atoms with E-state index in [1.807, 2.05) is 36.4 Å². The SMILES string of the molecule is O=C1CCC(N2Cc3ccc(CNC(=O)OC4CC(c5ccccc5Cl)C4)cc3C2=O)C(=O)N1. The number of halogens is 1. The molecule has 0 aromatic heterocycles. The van der Waals surface area contributed by atoms with Gasteiger partial charge in [0, 0.05) is 30.1 Å². The van der Waals surface area contributed by atoms with Crippen molar-refractivity contribution in [3.8, 4) is 0 Å². The van der Waals surface area contributed by atoms with E-state index >= 15 is 0 Å². The lowest BCUT2D eigenvalue weighted by atomic mass is 9.77. The minimum atomic E-state index is -0.647. The van der Waals surface area contributed by atoms with E-state index in [-0.39, 0.29) is 30.9 Å². The zero-order valence-corrected chi connectivity index (χ0v) is 19.1. The summed E-state index contributed by atoms with van der Waals surface area (Å²) in [6.07, 6.45) is 1.36. The van der Waals surface area contributed by atoms with Crippen LogP contribution in [0.5, 0.6) is 0 Å². The van der Waals surface area contributed by atoms with Crippen molar-refractivity contribution >= 4 is 35.4 Å². The number of fused-ring (bicyclic) bond motifs is 1. The molecule has 1 aliphatic carbocycles. The van der Waals surface area contributed by atoms with E-state index in [2.05, 4.69) is 10.6 Å². The van der Waals surface area contributed by atoms with E-state index in [0.29, 0.717) is 24.4 Å². The molecule has 3 aliphatic rings. The second-order valence-electron chi connectivity index (χ2n) is 8.96. The molecule has 4 amide bonds. The number of amides is 4. The molecule has 5 rings (SSSR count). The number of nitrogens with zero attached hydrogens (tertiary/aromatic N) is 1. The molecule has 2 N–H and O–H groups in total. The van der Waals surface area contributed by atoms with Crippen LogP contribution in [0, 0.1) is 0 Å². The van der Waals surface area contributed by atoms with Crippen LogP contribution in [0.1, 0.15) is 58.6 Å². The summed E-state index contributed by atoms with van der Waals surface area (Å²) in [5.41, 5.74) is 3.18. The summed E-state index contributed by atoms with van der Waals surface area (Å²) in [6, 6.07) is 12.5. The van der Waals surface area contributed by atoms with Gasteiger partial charge in [0.1, 0.15) is 12.1 Å². The number of imide groups is 1. The maximum absolute atomic E-state index is 12.9. The molecule has 1 atom stereocenters. The third kappa shape index (κ3) is 4.37. The van der Waals surface area contributed by atoms with Gasteiger partial charge in [0.25, 0.3) is 5.91 Å². The molecule has 2 aliphatic heterocycles. The Hall–Kier alpha value is -3.39. The maximum atomic E-state index is 12.9. The number of nitrogens with one attached hydrogen (secondary N) is 2. The predicted molar refractivity (Wildman–Crippen MR) is 123 cm³/mol. The number of alkyl carbamates (subject to hydrolysis) is 1. The number of carbonyl (C=O) groups is 4. The highest BCUT2D eigenvalue weighted by molar-refractivity contribution is 6.31. The number of hydrogen-bond donors (Lipinski definition) is 2. The van der Waals surface area contributed by atoms with Gasteiger partial charge in [-0.3, -0.25) is 19.7 Å². The number of benzene rings is 2. The fourth-order valence-corrected chi connectivity index (χ4v) is 5.09. The van der Waals surface area contributed by atoms with Crippen molar-refractivity contribution in [2.24, 2.45) is 0 Å². The van der Waals surface area contributed by atoms with Gasteiger partial charge in [-0.2, -0.15) is 0 Å². The van der Waals surface area contributed by atoms with Gasteiger partial charge in [0.2, 0.25) is 11.8 Å². The quantitative estimate of drug-likeness (QED) is 0.638. The molecule has 9 heteroatoms. The van der Waals surface area contributed by atoms with Crippen LogP contribution in [0.15, 0.2) is 42.5 Å². The van der Waals surface area contributed by atoms with E-state index in [4.69, 9.17) is 16.3 Å². The normalized spacial score (nSPS) is 23.7. The van der Waals surface area contributed by atoms with Crippen molar-refractivity contribution in [3.05, 3.63) is 69.7 Å². The first-order valence-corrected chi connectivity index (χ1v) is 11.7. The molecule has 2 fully saturated rings. The van der Waals surface area contributed by atoms with Gasteiger partial charge in [-0.25, -0.2) is 4.79 Å². The average molecular weight is 482 g/mol. The Morgan fingerprint density at radius 2 is 1.94 bits per heavy atom. The largest absolute Gasteiger partial charge is 0.446 e. The molecule has 2 aromatic rings. The van der Waals surface area contributed by atoms with Crippen LogP contribution in [-0.4, -0.2) is 40.9 Å². The van der Waals surface area contributed by atoms with Crippen molar-refractivity contribution < 1.29 is 23.9 Å². The summed E-state index contributed by atoms with van der Waals surface area (Å²) in [5.74, 6) is -0.697. The molecular formula is C25H24ClN3O5. The Kier molecular flexibility index (Phi) is 6.00. The molecule has 1 saturated heterocycles. The summed E-state index contributed by atoms with van der Waals surface area (Å²) < 4.78 is 5.49. The monoisotopic (exact) mass is 481 g/mol. The van der Waals surface area contributed by atoms with Crippen LogP contribution in [0.25, 0.3) is 0 Å². The lowest BCUT2D eigenvalue weighted by Crippen LogP contribution is -2.52. The van der Waals surface area contributed by atoms with Gasteiger partial charge in [0.15, 0.2) is 0 Å². The van der Waals surface area contributed by atoms with Crippen LogP contribution in [0.4, 0.5) is 4.79 Å². The first kappa shape index (κ1) is 22.4. The van der Waals surface area contributed by atoms with Crippen molar-refractivity contribution in [2.45, 2.75) is 56.8 Å². The number of carbonyl (C=O) groups excluding carboxylic acids is 4. The minimum Gasteiger partial charge on any atom is -0.446 e. The topological polar surface area (TPSA) is 105 Å². The molecular weight excluding hydrogens is 458 g/mol. The molecule has 0 spiro atoms. The summed E-state index contributed by atoms with van der Waals surface area (Å²) in [6.45, 7) is 0.545. The third-order valence-electron chi connectivity index (χ3n) is 6.74. The maximum Gasteiger partial charge on any atom is 0.407 e. The first-order chi connectivity index (χ1) is 16.4. The van der Waals surface area contributed by atoms with E-state index in [0.717, 1.165) is 34.6 Å². The lowest BCUT2D eigenvalue weighted by Gasteiger charge is -2.35. The minimum absolute atomic E-state index is 0.148. The Morgan fingerprint density at radius 3 is 2.71 bits per heavy atom. The van der Waals surface area contributed by atoms with Gasteiger partial charge in [-0.15, -0.1) is 0 Å². The molecule has 1 unspecified atom stereocenters. The van der Waals surface area contributed by atoms with Gasteiger partial charge in [-0.1, -0.05) is 41.9 Å². The summed E-state index contributed by atoms with van der Waals surface area (Å²) in [4.78, 5) is 50.2. The summed E-state index contributed by atoms with van der Waals surface area (Å²) in [5, 5.41) is 5.77. The van der Waals surface area contributed by atoms with Gasteiger partial charge in [-0.05, 0) is 54.0 Å². The second-order valence-corrected chi connectivity index (χ2v) is 9.37. The Labute approximate surface area is 201 Å². The van der Waals surface area contributed by atoms with Crippen LogP contribution in [-0.2, 0) is 27.4 Å². The Morgan fingerprint density at radius 1 is 1.15 bits per heavy atom. The van der Waals surface area contributed by atoms with Gasteiger partial charge >= 0.3 is 6.09 Å². The van der Waals surface area contributed by atoms with E-state index in [1.165, 1.54) is 4.90 Å². The molecule has 34 heavy (non-hydrogen) atoms. The fourth-order valence-electron chi connectivity index (χ4n) is 4.80. The van der Waals surface area contributed by atoms with E-state index < -0.39 is 18.0 Å². The number of piperidine rings is 1. The first-order valence-electron chi connectivity index (χ1n) is 11.3. The van der Waals surface area contributed by atoms with Gasteiger partial charge in [0.05, 0.1) is 0 Å². The van der Waals surface area contributed by atoms with Crippen molar-refractivity contribution in [1.29, 1.82) is 0 Å². The highest BCUT2D eigenvalue weighted by atomic mass is 35.5. The van der Waals surface area contributed by atoms with Crippen LogP contribution >= 0.6 is 11.6 Å². The Bertz CT molecular complexity index is 1180. The average Bonchev–Trinajstić information content (AvgIpc) is 3.11. The van der Waals surface area contributed by atoms with E-state index in [1.54, 1.807) is 6.07 Å². The molecule has 1 saturated carbocycles. The van der Waals surface area contributed by atoms with Crippen LogP contribution in [0.2, 0.25) is 5.02 Å². The summed E-state index contributed by atoms with van der Waals surface area (Å²) in [7, 11) is 0. The van der Waals surface area contributed by atoms with Gasteiger partial charge < -0.3 is 15.0 Å². The van der Waals surface area contributed by atoms with Crippen molar-refractivity contribution in [1.82, 2.24) is 15.5 Å². The second kappa shape index (κ2) is 9.10. The highest BCUT2D eigenvalue weighted by Crippen LogP contribution is 2.41. The summed E-state index contributed by atoms with van der Waals surface area (Å²) >= 11 is 6.24. The fraction of sp³-hybridized carbons (Fsp3) is 0.360. The van der Waals surface area contributed by atoms with Crippen LogP contribution in [0.3, 0.4) is 0 Å². The number of ether oxygens (including phenoxy) is 1. The molecule has 2 aromatic carbocycles. The van der Waals surface area contributed by atoms with Crippen molar-refractivity contribution in [2.75, 3.05) is 0 Å². The molecule has 176 valence electrons. The number of rotatable bonds is 5. The molecule has 2 heterocycles. The van der Waals surface area contributed by atoms with Crippen LogP contribution < -0.4 is 10.6 Å². The lowest BCUT2D eigenvalue weighted by molar-refractivity contribution is -0.136. The molecule has 8 nitrogen and oxygen atoms in total. The van der Waals surface area contributed by atoms with E-state index in [9.17, 15) is 19.2 Å². The Balaban J connectivity index is 1.13.